The number of fused-ring (bicyclic) bond motifs is 5. The van der Waals surface area contributed by atoms with Gasteiger partial charge in [-0.15, -0.1) is 0 Å². The maximum atomic E-state index is 11.2. The average molecular weight is 467 g/mol. The van der Waals surface area contributed by atoms with Gasteiger partial charge in [0, 0.05) is 0 Å². The minimum absolute atomic E-state index is 0.171. The molecule has 0 bridgehead atoms. The molecule has 0 heterocycles. The van der Waals surface area contributed by atoms with Crippen LogP contribution in [-0.2, 0) is 14.6 Å². The monoisotopic (exact) mass is 466 g/mol. The highest BCUT2D eigenvalue weighted by Crippen LogP contribution is 2.67. The Morgan fingerprint density at radius 3 is 2.50 bits per heavy atom. The largest absolute Gasteiger partial charge is 0.397 e. The maximum absolute atomic E-state index is 11.2. The van der Waals surface area contributed by atoms with Crippen LogP contribution in [0.3, 0.4) is 0 Å². The summed E-state index contributed by atoms with van der Waals surface area (Å²) in [5.74, 6) is 4.83. The second kappa shape index (κ2) is 9.00. The minimum Gasteiger partial charge on any atom is -0.264 e. The number of hydrogen-bond acceptors (Lipinski definition) is 3. The standard InChI is InChI=1S/C27H46O4S/c1-18(2)7-6-8-19(3)23-11-12-24-22-10-9-20-17-21(31-32(28,29)30)13-15-26(20,4)25(22)14-16-27(23,24)5/h9,18-19,21-25H,6-8,10-17H2,1-5H3,(H,28,29,30)/t19-,21+,22+,23?,24?,25?,26+,27-/m1/s1. The van der Waals surface area contributed by atoms with E-state index in [1.54, 1.807) is 0 Å². The van der Waals surface area contributed by atoms with Crippen LogP contribution in [0.4, 0.5) is 0 Å². The van der Waals surface area contributed by atoms with Gasteiger partial charge in [-0.05, 0) is 97.7 Å². The van der Waals surface area contributed by atoms with E-state index >= 15 is 0 Å². The molecule has 4 aliphatic carbocycles. The van der Waals surface area contributed by atoms with Crippen molar-refractivity contribution in [3.05, 3.63) is 11.6 Å². The summed E-state index contributed by atoms with van der Waals surface area (Å²) < 4.78 is 36.6. The van der Waals surface area contributed by atoms with Crippen LogP contribution in [0.5, 0.6) is 0 Å². The van der Waals surface area contributed by atoms with Crippen molar-refractivity contribution in [3.63, 3.8) is 0 Å². The van der Waals surface area contributed by atoms with Gasteiger partial charge in [0.05, 0.1) is 6.10 Å². The number of rotatable bonds is 7. The summed E-state index contributed by atoms with van der Waals surface area (Å²) >= 11 is 0. The molecule has 0 amide bonds. The van der Waals surface area contributed by atoms with Crippen molar-refractivity contribution < 1.29 is 17.2 Å². The van der Waals surface area contributed by atoms with Gasteiger partial charge in [0.2, 0.25) is 0 Å². The first-order valence-electron chi connectivity index (χ1n) is 13.3. The Kier molecular flexibility index (Phi) is 6.95. The van der Waals surface area contributed by atoms with E-state index < -0.39 is 16.5 Å². The summed E-state index contributed by atoms with van der Waals surface area (Å²) in [5, 5.41) is 0. The topological polar surface area (TPSA) is 63.6 Å². The molecule has 0 radical (unpaired) electrons. The van der Waals surface area contributed by atoms with Crippen molar-refractivity contribution >= 4 is 10.4 Å². The van der Waals surface area contributed by atoms with Crippen molar-refractivity contribution in [2.45, 2.75) is 111 Å². The maximum Gasteiger partial charge on any atom is 0.397 e. The first-order chi connectivity index (χ1) is 14.9. The van der Waals surface area contributed by atoms with E-state index in [1.165, 1.54) is 50.5 Å². The van der Waals surface area contributed by atoms with E-state index in [9.17, 15) is 8.42 Å². The normalized spacial score (nSPS) is 42.7. The second-order valence-electron chi connectivity index (χ2n) is 12.7. The van der Waals surface area contributed by atoms with Crippen molar-refractivity contribution in [2.24, 2.45) is 46.3 Å². The van der Waals surface area contributed by atoms with Gasteiger partial charge in [0.25, 0.3) is 0 Å². The highest BCUT2D eigenvalue weighted by atomic mass is 32.3. The zero-order chi connectivity index (χ0) is 23.3. The molecule has 0 saturated heterocycles. The third kappa shape index (κ3) is 4.60. The quantitative estimate of drug-likeness (QED) is 0.318. The Hall–Kier alpha value is -0.390. The highest BCUT2D eigenvalue weighted by molar-refractivity contribution is 7.80. The van der Waals surface area contributed by atoms with Crippen LogP contribution in [-0.4, -0.2) is 19.1 Å². The summed E-state index contributed by atoms with van der Waals surface area (Å²) in [6, 6.07) is 0. The molecule has 0 aromatic rings. The lowest BCUT2D eigenvalue weighted by molar-refractivity contribution is -0.0560. The van der Waals surface area contributed by atoms with Gasteiger partial charge in [0.1, 0.15) is 0 Å². The van der Waals surface area contributed by atoms with Gasteiger partial charge < -0.3 is 0 Å². The first kappa shape index (κ1) is 24.7. The molecule has 8 atom stereocenters. The van der Waals surface area contributed by atoms with E-state index in [0.29, 0.717) is 24.2 Å². The molecule has 3 unspecified atom stereocenters. The fraction of sp³-hybridized carbons (Fsp3) is 0.926. The zero-order valence-corrected chi connectivity index (χ0v) is 21.8. The van der Waals surface area contributed by atoms with Crippen LogP contribution in [0, 0.1) is 46.3 Å². The Morgan fingerprint density at radius 1 is 1.06 bits per heavy atom. The summed E-state index contributed by atoms with van der Waals surface area (Å²) in [6.07, 6.45) is 15.1. The lowest BCUT2D eigenvalue weighted by atomic mass is 9.47. The molecule has 0 spiro atoms. The Balaban J connectivity index is 1.47. The van der Waals surface area contributed by atoms with E-state index in [-0.39, 0.29) is 5.41 Å². The summed E-state index contributed by atoms with van der Waals surface area (Å²) in [5.41, 5.74) is 2.05. The van der Waals surface area contributed by atoms with E-state index in [2.05, 4.69) is 40.7 Å². The summed E-state index contributed by atoms with van der Waals surface area (Å²) in [6.45, 7) is 12.3. The van der Waals surface area contributed by atoms with Gasteiger partial charge in [-0.1, -0.05) is 65.5 Å². The summed E-state index contributed by atoms with van der Waals surface area (Å²) in [7, 11) is -4.38. The predicted molar refractivity (Wildman–Crippen MR) is 129 cm³/mol. The third-order valence-electron chi connectivity index (χ3n) is 10.5. The smallest absolute Gasteiger partial charge is 0.264 e. The van der Waals surface area contributed by atoms with Crippen LogP contribution >= 0.6 is 0 Å². The van der Waals surface area contributed by atoms with Crippen LogP contribution in [0.25, 0.3) is 0 Å². The molecular formula is C27H46O4S. The highest BCUT2D eigenvalue weighted by Gasteiger charge is 2.59. The summed E-state index contributed by atoms with van der Waals surface area (Å²) in [4.78, 5) is 0. The lowest BCUT2D eigenvalue weighted by Gasteiger charge is -2.58. The number of allylic oxidation sites excluding steroid dienone is 1. The third-order valence-corrected chi connectivity index (χ3v) is 11.0. The van der Waals surface area contributed by atoms with Crippen LogP contribution in [0.1, 0.15) is 105 Å². The lowest BCUT2D eigenvalue weighted by Crippen LogP contribution is -2.51. The van der Waals surface area contributed by atoms with Gasteiger partial charge in [0.15, 0.2) is 0 Å². The molecule has 4 nitrogen and oxygen atoms in total. The number of hydrogen-bond donors (Lipinski definition) is 1. The van der Waals surface area contributed by atoms with Crippen LogP contribution in [0.2, 0.25) is 0 Å². The molecular weight excluding hydrogens is 420 g/mol. The van der Waals surface area contributed by atoms with Crippen molar-refractivity contribution in [2.75, 3.05) is 0 Å². The molecule has 0 aliphatic heterocycles. The van der Waals surface area contributed by atoms with Gasteiger partial charge in [-0.3, -0.25) is 4.55 Å². The van der Waals surface area contributed by atoms with E-state index in [0.717, 1.165) is 42.4 Å². The predicted octanol–water partition coefficient (Wildman–Crippen LogP) is 7.22. The fourth-order valence-corrected chi connectivity index (χ4v) is 9.41. The zero-order valence-electron chi connectivity index (χ0n) is 21.0. The molecule has 4 rings (SSSR count). The van der Waals surface area contributed by atoms with E-state index in [4.69, 9.17) is 8.74 Å². The Morgan fingerprint density at radius 2 is 1.81 bits per heavy atom. The molecule has 32 heavy (non-hydrogen) atoms. The molecule has 5 heteroatoms. The average Bonchev–Trinajstić information content (AvgIpc) is 3.04. The van der Waals surface area contributed by atoms with Gasteiger partial charge in [-0.2, -0.15) is 8.42 Å². The fourth-order valence-electron chi connectivity index (χ4n) is 8.91. The Labute approximate surface area is 196 Å². The van der Waals surface area contributed by atoms with Gasteiger partial charge >= 0.3 is 10.4 Å². The SMILES string of the molecule is CC(C)CCC[C@@H](C)C1CCC2[C@@H]3CC=C4C[C@@H](OS(=O)(=O)O)CC[C@]4(C)C3CC[C@@]21C. The van der Waals surface area contributed by atoms with Crippen molar-refractivity contribution in [1.82, 2.24) is 0 Å². The van der Waals surface area contributed by atoms with Crippen LogP contribution in [0.15, 0.2) is 11.6 Å². The van der Waals surface area contributed by atoms with Crippen molar-refractivity contribution in [3.8, 4) is 0 Å². The first-order valence-corrected chi connectivity index (χ1v) is 14.7. The second-order valence-corrected chi connectivity index (χ2v) is 13.7. The van der Waals surface area contributed by atoms with Gasteiger partial charge in [-0.25, -0.2) is 4.18 Å². The minimum atomic E-state index is -4.38. The molecule has 1 N–H and O–H groups in total. The van der Waals surface area contributed by atoms with Crippen LogP contribution < -0.4 is 0 Å². The van der Waals surface area contributed by atoms with Crippen molar-refractivity contribution in [1.29, 1.82) is 0 Å². The molecule has 3 saturated carbocycles. The molecule has 0 aromatic carbocycles. The molecule has 184 valence electrons. The molecule has 3 fully saturated rings. The Bertz CT molecular complexity index is 818. The molecule has 4 aliphatic rings. The van der Waals surface area contributed by atoms with E-state index in [1.807, 2.05) is 0 Å². The molecule has 0 aromatic heterocycles.